The van der Waals surface area contributed by atoms with Crippen molar-refractivity contribution in [1.82, 2.24) is 5.32 Å². The number of carbonyl (C=O) groups excluding carboxylic acids is 1. The maximum absolute atomic E-state index is 12.0. The van der Waals surface area contributed by atoms with Gasteiger partial charge in [-0.05, 0) is 31.2 Å². The van der Waals surface area contributed by atoms with E-state index in [1.165, 1.54) is 43.4 Å². The maximum atomic E-state index is 12.0. The summed E-state index contributed by atoms with van der Waals surface area (Å²) in [6.45, 7) is 5.00. The molecule has 1 aliphatic carbocycles. The third kappa shape index (κ3) is 3.05. The van der Waals surface area contributed by atoms with E-state index in [0.717, 1.165) is 16.3 Å². The van der Waals surface area contributed by atoms with Crippen LogP contribution < -0.4 is 11.1 Å². The van der Waals surface area contributed by atoms with Crippen LogP contribution in [-0.2, 0) is 0 Å². The third-order valence-corrected chi connectivity index (χ3v) is 4.98. The Morgan fingerprint density at radius 1 is 1.44 bits per heavy atom. The molecule has 1 aromatic rings. The maximum Gasteiger partial charge on any atom is 0.261 e. The average Bonchev–Trinajstić information content (AvgIpc) is 2.68. The van der Waals surface area contributed by atoms with Crippen LogP contribution in [0.4, 0.5) is 5.69 Å². The Morgan fingerprint density at radius 3 is 2.67 bits per heavy atom. The van der Waals surface area contributed by atoms with Crippen molar-refractivity contribution in [3.05, 3.63) is 15.8 Å². The highest BCUT2D eigenvalue weighted by molar-refractivity contribution is 7.14. The number of anilines is 1. The molecule has 0 spiro atoms. The molecule has 0 saturated heterocycles. The van der Waals surface area contributed by atoms with E-state index in [4.69, 9.17) is 5.73 Å². The van der Waals surface area contributed by atoms with Gasteiger partial charge in [0.1, 0.15) is 0 Å². The van der Waals surface area contributed by atoms with Gasteiger partial charge in [-0.1, -0.05) is 26.2 Å². The van der Waals surface area contributed by atoms with Gasteiger partial charge in [-0.3, -0.25) is 4.79 Å². The molecule has 1 aromatic heterocycles. The first-order chi connectivity index (χ1) is 8.50. The van der Waals surface area contributed by atoms with Crippen molar-refractivity contribution < 1.29 is 4.79 Å². The predicted molar refractivity (Wildman–Crippen MR) is 77.0 cm³/mol. The van der Waals surface area contributed by atoms with Crippen LogP contribution in [0.1, 0.15) is 53.6 Å². The number of nitrogen functional groups attached to an aromatic ring is 1. The fraction of sp³-hybridized carbons (Fsp3) is 0.643. The molecule has 100 valence electrons. The van der Waals surface area contributed by atoms with Gasteiger partial charge in [0.25, 0.3) is 5.91 Å². The van der Waals surface area contributed by atoms with Gasteiger partial charge >= 0.3 is 0 Å². The van der Waals surface area contributed by atoms with E-state index < -0.39 is 0 Å². The van der Waals surface area contributed by atoms with Crippen molar-refractivity contribution in [3.63, 3.8) is 0 Å². The van der Waals surface area contributed by atoms with Crippen molar-refractivity contribution in [2.45, 2.75) is 46.0 Å². The van der Waals surface area contributed by atoms with Crippen LogP contribution in [-0.4, -0.2) is 12.5 Å². The van der Waals surface area contributed by atoms with E-state index in [2.05, 4.69) is 12.2 Å². The lowest BCUT2D eigenvalue weighted by Crippen LogP contribution is -2.36. The molecule has 0 aliphatic heterocycles. The molecule has 1 saturated carbocycles. The average molecular weight is 266 g/mol. The van der Waals surface area contributed by atoms with E-state index in [1.807, 2.05) is 6.92 Å². The Kier molecular flexibility index (Phi) is 3.95. The first-order valence-electron chi connectivity index (χ1n) is 6.64. The van der Waals surface area contributed by atoms with Crippen LogP contribution in [0.15, 0.2) is 6.07 Å². The molecule has 4 heteroatoms. The Hall–Kier alpha value is -1.03. The van der Waals surface area contributed by atoms with E-state index >= 15 is 0 Å². The predicted octanol–water partition coefficient (Wildman–Crippen LogP) is 3.34. The van der Waals surface area contributed by atoms with Gasteiger partial charge in [0.05, 0.1) is 4.88 Å². The Bertz CT molecular complexity index is 414. The lowest BCUT2D eigenvalue weighted by molar-refractivity contribution is 0.0923. The molecule has 1 fully saturated rings. The number of nitrogens with one attached hydrogen (secondary N) is 1. The molecule has 0 atom stereocenters. The van der Waals surface area contributed by atoms with Crippen molar-refractivity contribution in [2.24, 2.45) is 5.41 Å². The topological polar surface area (TPSA) is 55.1 Å². The van der Waals surface area contributed by atoms with Gasteiger partial charge in [0, 0.05) is 17.1 Å². The number of rotatable bonds is 3. The normalized spacial score (nSPS) is 18.6. The summed E-state index contributed by atoms with van der Waals surface area (Å²) in [6, 6.07) is 1.78. The Balaban J connectivity index is 1.91. The number of hydrogen-bond donors (Lipinski definition) is 2. The van der Waals surface area contributed by atoms with E-state index in [9.17, 15) is 4.79 Å². The van der Waals surface area contributed by atoms with E-state index in [-0.39, 0.29) is 11.3 Å². The van der Waals surface area contributed by atoms with Crippen molar-refractivity contribution >= 4 is 22.9 Å². The largest absolute Gasteiger partial charge is 0.398 e. The first kappa shape index (κ1) is 13.4. The van der Waals surface area contributed by atoms with Crippen molar-refractivity contribution in [3.8, 4) is 0 Å². The van der Waals surface area contributed by atoms with Crippen LogP contribution in [0.3, 0.4) is 0 Å². The minimum Gasteiger partial charge on any atom is -0.398 e. The quantitative estimate of drug-likeness (QED) is 0.881. The SMILES string of the molecule is Cc1sc(C(=O)NCC2(C)CCCCC2)cc1N. The highest BCUT2D eigenvalue weighted by Crippen LogP contribution is 2.35. The van der Waals surface area contributed by atoms with Gasteiger partial charge in [0.15, 0.2) is 0 Å². The zero-order valence-corrected chi connectivity index (χ0v) is 12.0. The minimum atomic E-state index is 0.0200. The lowest BCUT2D eigenvalue weighted by Gasteiger charge is -2.33. The number of thiophene rings is 1. The Labute approximate surface area is 113 Å². The molecule has 1 aliphatic rings. The summed E-state index contributed by atoms with van der Waals surface area (Å²) in [6.07, 6.45) is 6.36. The summed E-state index contributed by atoms with van der Waals surface area (Å²) in [5.41, 5.74) is 6.77. The molecule has 1 heterocycles. The number of amides is 1. The molecule has 3 nitrogen and oxygen atoms in total. The van der Waals surface area contributed by atoms with Gasteiger partial charge in [-0.2, -0.15) is 0 Å². The van der Waals surface area contributed by atoms with Crippen LogP contribution in [0.5, 0.6) is 0 Å². The van der Waals surface area contributed by atoms with E-state index in [1.54, 1.807) is 6.07 Å². The zero-order chi connectivity index (χ0) is 13.2. The number of hydrogen-bond acceptors (Lipinski definition) is 3. The zero-order valence-electron chi connectivity index (χ0n) is 11.2. The summed E-state index contributed by atoms with van der Waals surface area (Å²) >= 11 is 1.47. The fourth-order valence-electron chi connectivity index (χ4n) is 2.57. The molecule has 3 N–H and O–H groups in total. The summed E-state index contributed by atoms with van der Waals surface area (Å²) in [7, 11) is 0. The summed E-state index contributed by atoms with van der Waals surface area (Å²) in [5, 5.41) is 3.07. The molecular formula is C14H22N2OS. The second-order valence-corrected chi connectivity index (χ2v) is 6.93. The standard InChI is InChI=1S/C14H22N2OS/c1-10-11(15)8-12(18-10)13(17)16-9-14(2)6-4-3-5-7-14/h8H,3-7,9,15H2,1-2H3,(H,16,17). The van der Waals surface area contributed by atoms with Crippen LogP contribution in [0, 0.1) is 12.3 Å². The molecule has 18 heavy (non-hydrogen) atoms. The number of carbonyl (C=O) groups is 1. The van der Waals surface area contributed by atoms with Crippen molar-refractivity contribution in [2.75, 3.05) is 12.3 Å². The van der Waals surface area contributed by atoms with Gasteiger partial charge in [-0.15, -0.1) is 11.3 Å². The third-order valence-electron chi connectivity index (χ3n) is 3.92. The molecule has 0 aromatic carbocycles. The fourth-order valence-corrected chi connectivity index (χ4v) is 3.43. The monoisotopic (exact) mass is 266 g/mol. The highest BCUT2D eigenvalue weighted by atomic mass is 32.1. The van der Waals surface area contributed by atoms with Crippen LogP contribution >= 0.6 is 11.3 Å². The van der Waals surface area contributed by atoms with Crippen molar-refractivity contribution in [1.29, 1.82) is 0 Å². The summed E-state index contributed by atoms with van der Waals surface area (Å²) < 4.78 is 0. The second kappa shape index (κ2) is 5.31. The number of nitrogens with two attached hydrogens (primary N) is 1. The molecule has 2 rings (SSSR count). The van der Waals surface area contributed by atoms with Gasteiger partial charge < -0.3 is 11.1 Å². The highest BCUT2D eigenvalue weighted by Gasteiger charge is 2.27. The first-order valence-corrected chi connectivity index (χ1v) is 7.46. The molecular weight excluding hydrogens is 244 g/mol. The van der Waals surface area contributed by atoms with Gasteiger partial charge in [0.2, 0.25) is 0 Å². The smallest absolute Gasteiger partial charge is 0.261 e. The molecule has 0 radical (unpaired) electrons. The minimum absolute atomic E-state index is 0.0200. The summed E-state index contributed by atoms with van der Waals surface area (Å²) in [5.74, 6) is 0.0200. The summed E-state index contributed by atoms with van der Waals surface area (Å²) in [4.78, 5) is 13.8. The Morgan fingerprint density at radius 2 is 2.11 bits per heavy atom. The van der Waals surface area contributed by atoms with Crippen LogP contribution in [0.2, 0.25) is 0 Å². The van der Waals surface area contributed by atoms with Crippen LogP contribution in [0.25, 0.3) is 0 Å². The molecule has 0 bridgehead atoms. The molecule has 0 unspecified atom stereocenters. The van der Waals surface area contributed by atoms with E-state index in [0.29, 0.717) is 5.69 Å². The second-order valence-electron chi connectivity index (χ2n) is 5.68. The number of aryl methyl sites for hydroxylation is 1. The lowest BCUT2D eigenvalue weighted by atomic mass is 9.76. The van der Waals surface area contributed by atoms with Gasteiger partial charge in [-0.25, -0.2) is 0 Å². The molecule has 1 amide bonds.